The van der Waals surface area contributed by atoms with Gasteiger partial charge in [0, 0.05) is 19.0 Å². The molecule has 0 saturated carbocycles. The Balaban J connectivity index is 2.73. The van der Waals surface area contributed by atoms with Crippen LogP contribution in [-0.4, -0.2) is 35.9 Å². The smallest absolute Gasteiger partial charge is 0.287 e. The molecular formula is C9H15F4N. The third-order valence-electron chi connectivity index (χ3n) is 2.82. The van der Waals surface area contributed by atoms with Crippen LogP contribution in [0.4, 0.5) is 17.6 Å². The summed E-state index contributed by atoms with van der Waals surface area (Å²) in [5.74, 6) is 0. The lowest BCUT2D eigenvalue weighted by atomic mass is 10.1. The number of hydrogen-bond donors (Lipinski definition) is 0. The molecule has 0 aliphatic carbocycles. The SMILES string of the molecule is CCC(C)N1CC(F)CC1C(F)(F)F. The Morgan fingerprint density at radius 1 is 1.43 bits per heavy atom. The molecule has 1 nitrogen and oxygen atoms in total. The molecule has 0 bridgehead atoms. The van der Waals surface area contributed by atoms with Gasteiger partial charge in [-0.1, -0.05) is 6.92 Å². The highest BCUT2D eigenvalue weighted by atomic mass is 19.4. The fourth-order valence-corrected chi connectivity index (χ4v) is 1.85. The topological polar surface area (TPSA) is 3.24 Å². The molecule has 0 N–H and O–H groups in total. The molecule has 1 aliphatic heterocycles. The van der Waals surface area contributed by atoms with E-state index in [-0.39, 0.29) is 12.6 Å². The number of nitrogens with zero attached hydrogens (tertiary/aromatic N) is 1. The first-order valence-electron chi connectivity index (χ1n) is 4.82. The van der Waals surface area contributed by atoms with Gasteiger partial charge in [-0.2, -0.15) is 13.2 Å². The van der Waals surface area contributed by atoms with Gasteiger partial charge in [0.05, 0.1) is 0 Å². The van der Waals surface area contributed by atoms with Crippen molar-refractivity contribution >= 4 is 0 Å². The van der Waals surface area contributed by atoms with Gasteiger partial charge in [-0.15, -0.1) is 0 Å². The van der Waals surface area contributed by atoms with E-state index in [1.54, 1.807) is 6.92 Å². The molecule has 0 aromatic rings. The van der Waals surface area contributed by atoms with Crippen molar-refractivity contribution in [2.75, 3.05) is 6.54 Å². The second-order valence-corrected chi connectivity index (χ2v) is 3.84. The minimum Gasteiger partial charge on any atom is -0.287 e. The molecule has 5 heteroatoms. The Labute approximate surface area is 81.1 Å². The number of hydrogen-bond acceptors (Lipinski definition) is 1. The van der Waals surface area contributed by atoms with Crippen molar-refractivity contribution < 1.29 is 17.6 Å². The largest absolute Gasteiger partial charge is 0.404 e. The second-order valence-electron chi connectivity index (χ2n) is 3.84. The molecule has 14 heavy (non-hydrogen) atoms. The molecule has 1 rings (SSSR count). The Morgan fingerprint density at radius 3 is 2.43 bits per heavy atom. The van der Waals surface area contributed by atoms with Crippen LogP contribution in [0.3, 0.4) is 0 Å². The van der Waals surface area contributed by atoms with Crippen molar-refractivity contribution in [3.05, 3.63) is 0 Å². The average Bonchev–Trinajstić information content (AvgIpc) is 2.45. The summed E-state index contributed by atoms with van der Waals surface area (Å²) in [7, 11) is 0. The van der Waals surface area contributed by atoms with Gasteiger partial charge in [-0.05, 0) is 13.3 Å². The summed E-state index contributed by atoms with van der Waals surface area (Å²) < 4.78 is 50.3. The van der Waals surface area contributed by atoms with E-state index in [1.807, 2.05) is 6.92 Å². The van der Waals surface area contributed by atoms with Crippen LogP contribution in [0.2, 0.25) is 0 Å². The Morgan fingerprint density at radius 2 is 2.00 bits per heavy atom. The lowest BCUT2D eigenvalue weighted by Gasteiger charge is -2.30. The zero-order valence-corrected chi connectivity index (χ0v) is 8.31. The van der Waals surface area contributed by atoms with Crippen LogP contribution in [0.1, 0.15) is 26.7 Å². The molecule has 0 aromatic carbocycles. The van der Waals surface area contributed by atoms with Crippen molar-refractivity contribution in [3.63, 3.8) is 0 Å². The molecule has 1 heterocycles. The summed E-state index contributed by atoms with van der Waals surface area (Å²) in [5.41, 5.74) is 0. The molecule has 3 atom stereocenters. The normalized spacial score (nSPS) is 32.1. The van der Waals surface area contributed by atoms with Crippen LogP contribution < -0.4 is 0 Å². The zero-order valence-electron chi connectivity index (χ0n) is 8.31. The van der Waals surface area contributed by atoms with Crippen LogP contribution >= 0.6 is 0 Å². The van der Waals surface area contributed by atoms with E-state index >= 15 is 0 Å². The molecule has 1 aliphatic rings. The lowest BCUT2D eigenvalue weighted by molar-refractivity contribution is -0.180. The fourth-order valence-electron chi connectivity index (χ4n) is 1.85. The van der Waals surface area contributed by atoms with Crippen molar-refractivity contribution in [2.24, 2.45) is 0 Å². The van der Waals surface area contributed by atoms with Gasteiger partial charge in [0.2, 0.25) is 0 Å². The second kappa shape index (κ2) is 4.04. The Hall–Kier alpha value is -0.320. The Kier molecular flexibility index (Phi) is 3.40. The van der Waals surface area contributed by atoms with Gasteiger partial charge in [0.15, 0.2) is 0 Å². The van der Waals surface area contributed by atoms with E-state index in [0.29, 0.717) is 6.42 Å². The van der Waals surface area contributed by atoms with E-state index in [2.05, 4.69) is 0 Å². The van der Waals surface area contributed by atoms with Crippen molar-refractivity contribution in [1.29, 1.82) is 0 Å². The molecule has 0 aromatic heterocycles. The molecule has 84 valence electrons. The maximum atomic E-state index is 12.9. The maximum Gasteiger partial charge on any atom is 0.404 e. The van der Waals surface area contributed by atoms with Gasteiger partial charge in [0.1, 0.15) is 12.2 Å². The zero-order chi connectivity index (χ0) is 10.9. The van der Waals surface area contributed by atoms with Gasteiger partial charge < -0.3 is 0 Å². The predicted molar refractivity (Wildman–Crippen MR) is 45.8 cm³/mol. The van der Waals surface area contributed by atoms with Gasteiger partial charge >= 0.3 is 6.18 Å². The minimum atomic E-state index is -4.30. The van der Waals surface area contributed by atoms with E-state index in [1.165, 1.54) is 4.90 Å². The van der Waals surface area contributed by atoms with Crippen LogP contribution in [0.25, 0.3) is 0 Å². The lowest BCUT2D eigenvalue weighted by Crippen LogP contribution is -2.45. The number of halogens is 4. The molecule has 0 amide bonds. The van der Waals surface area contributed by atoms with Crippen molar-refractivity contribution in [1.82, 2.24) is 4.90 Å². The van der Waals surface area contributed by atoms with Gasteiger partial charge in [0.25, 0.3) is 0 Å². The summed E-state index contributed by atoms with van der Waals surface area (Å²) in [6.07, 6.45) is -5.44. The first-order chi connectivity index (χ1) is 6.36. The summed E-state index contributed by atoms with van der Waals surface area (Å²) in [6, 6.07) is -1.80. The fraction of sp³-hybridized carbons (Fsp3) is 1.00. The van der Waals surface area contributed by atoms with Crippen LogP contribution in [0.5, 0.6) is 0 Å². The maximum absolute atomic E-state index is 12.9. The molecular weight excluding hydrogens is 198 g/mol. The summed E-state index contributed by atoms with van der Waals surface area (Å²) in [4.78, 5) is 1.23. The third kappa shape index (κ3) is 2.38. The Bertz CT molecular complexity index is 192. The van der Waals surface area contributed by atoms with Gasteiger partial charge in [-0.3, -0.25) is 4.90 Å². The number of alkyl halides is 4. The molecule has 1 fully saturated rings. The van der Waals surface area contributed by atoms with Crippen LogP contribution in [0.15, 0.2) is 0 Å². The first kappa shape index (κ1) is 11.8. The molecule has 0 spiro atoms. The minimum absolute atomic E-state index is 0.0841. The number of likely N-dealkylation sites (tertiary alicyclic amines) is 1. The van der Waals surface area contributed by atoms with Crippen molar-refractivity contribution in [2.45, 2.75) is 51.1 Å². The summed E-state index contributed by atoms with van der Waals surface area (Å²) in [5, 5.41) is 0. The van der Waals surface area contributed by atoms with Gasteiger partial charge in [-0.25, -0.2) is 4.39 Å². The molecule has 3 unspecified atom stereocenters. The highest BCUT2D eigenvalue weighted by molar-refractivity contribution is 4.92. The quantitative estimate of drug-likeness (QED) is 0.637. The molecule has 0 radical (unpaired) electrons. The standard InChI is InChI=1S/C9H15F4N/c1-3-6(2)14-5-7(10)4-8(14)9(11,12)13/h6-8H,3-5H2,1-2H3. The van der Waals surface area contributed by atoms with Crippen LogP contribution in [0, 0.1) is 0 Å². The first-order valence-corrected chi connectivity index (χ1v) is 4.82. The predicted octanol–water partition coefficient (Wildman–Crippen LogP) is 2.76. The van der Waals surface area contributed by atoms with E-state index in [0.717, 1.165) is 0 Å². The van der Waals surface area contributed by atoms with Crippen LogP contribution in [-0.2, 0) is 0 Å². The average molecular weight is 213 g/mol. The monoisotopic (exact) mass is 213 g/mol. The highest BCUT2D eigenvalue weighted by Crippen LogP contribution is 2.35. The van der Waals surface area contributed by atoms with E-state index in [9.17, 15) is 17.6 Å². The third-order valence-corrected chi connectivity index (χ3v) is 2.82. The summed E-state index contributed by atoms with van der Waals surface area (Å²) in [6.45, 7) is 3.43. The van der Waals surface area contributed by atoms with E-state index < -0.39 is 24.8 Å². The van der Waals surface area contributed by atoms with E-state index in [4.69, 9.17) is 0 Å². The summed E-state index contributed by atoms with van der Waals surface area (Å²) >= 11 is 0. The highest BCUT2D eigenvalue weighted by Gasteiger charge is 2.50. The molecule has 1 saturated heterocycles. The number of rotatable bonds is 2. The van der Waals surface area contributed by atoms with Crippen molar-refractivity contribution in [3.8, 4) is 0 Å².